The largest absolute Gasteiger partial charge is 0.444 e. The SMILES string of the molecule is CC(C)(C)OC(=O)NC(C)(C)C(=O)N[C@H](COCc1ccccc1)C(=O)Nc1cn(C(C(=O)N2CCN(c3ncccc3C(F)(F)F)CC2)c2ccccc2)cn1. The van der Waals surface area contributed by atoms with E-state index in [4.69, 9.17) is 9.47 Å². The Labute approximate surface area is 328 Å². The van der Waals surface area contributed by atoms with Crippen LogP contribution in [0.15, 0.2) is 91.5 Å². The number of rotatable bonds is 13. The molecule has 1 unspecified atom stereocenters. The molecule has 4 aromatic rings. The third-order valence-corrected chi connectivity index (χ3v) is 8.88. The van der Waals surface area contributed by atoms with E-state index in [1.807, 2.05) is 30.3 Å². The van der Waals surface area contributed by atoms with Gasteiger partial charge in [-0.3, -0.25) is 14.4 Å². The van der Waals surface area contributed by atoms with Crippen LogP contribution < -0.4 is 20.9 Å². The summed E-state index contributed by atoms with van der Waals surface area (Å²) in [5.74, 6) is -1.81. The number of nitrogens with one attached hydrogen (secondary N) is 3. The van der Waals surface area contributed by atoms with Gasteiger partial charge in [-0.1, -0.05) is 60.7 Å². The van der Waals surface area contributed by atoms with Crippen LogP contribution in [0.2, 0.25) is 0 Å². The Morgan fingerprint density at radius 2 is 1.49 bits per heavy atom. The van der Waals surface area contributed by atoms with Crippen molar-refractivity contribution in [1.82, 2.24) is 30.1 Å². The summed E-state index contributed by atoms with van der Waals surface area (Å²) in [4.78, 5) is 65.3. The molecule has 1 saturated heterocycles. The minimum absolute atomic E-state index is 0.0711. The fourth-order valence-electron chi connectivity index (χ4n) is 6.02. The number of anilines is 2. The lowest BCUT2D eigenvalue weighted by atomic mass is 10.0. The topological polar surface area (TPSA) is 160 Å². The standard InChI is InChI=1S/C40H47F3N8O6/c1-38(2,3)57-37(55)48-39(4,5)36(54)46-30(25-56-24-27-13-8-6-9-14-27)34(52)47-31-23-51(26-45-31)32(28-15-10-7-11-16-28)35(53)50-21-19-49(20-22-50)33-29(40(41,42)43)17-12-18-44-33/h6-18,23,26,30,32H,19-22,24-25H2,1-5H3,(H,46,54)(H,47,52)(H,48,55)/t30-,32?/m1/s1. The van der Waals surface area contributed by atoms with Gasteiger partial charge in [0.25, 0.3) is 5.91 Å². The number of nitrogens with zero attached hydrogens (tertiary/aromatic N) is 5. The van der Waals surface area contributed by atoms with Crippen LogP contribution in [-0.2, 0) is 36.6 Å². The monoisotopic (exact) mass is 792 g/mol. The molecule has 57 heavy (non-hydrogen) atoms. The van der Waals surface area contributed by atoms with Gasteiger partial charge in [0.15, 0.2) is 5.82 Å². The molecular weight excluding hydrogens is 745 g/mol. The molecule has 0 spiro atoms. The Morgan fingerprint density at radius 3 is 2.12 bits per heavy atom. The van der Waals surface area contributed by atoms with Crippen molar-refractivity contribution in [3.05, 3.63) is 108 Å². The van der Waals surface area contributed by atoms with Gasteiger partial charge in [-0.25, -0.2) is 14.8 Å². The molecule has 14 nitrogen and oxygen atoms in total. The van der Waals surface area contributed by atoms with Gasteiger partial charge in [-0.15, -0.1) is 0 Å². The Hall–Kier alpha value is -5.97. The minimum atomic E-state index is -4.58. The number of carbonyl (C=O) groups excluding carboxylic acids is 4. The molecule has 2 aromatic heterocycles. The average Bonchev–Trinajstić information content (AvgIpc) is 3.61. The van der Waals surface area contributed by atoms with Crippen molar-refractivity contribution >= 4 is 35.5 Å². The molecule has 1 aliphatic rings. The highest BCUT2D eigenvalue weighted by atomic mass is 19.4. The number of amides is 4. The molecule has 4 amide bonds. The average molecular weight is 793 g/mol. The maximum absolute atomic E-state index is 14.2. The third kappa shape index (κ3) is 11.5. The number of pyridine rings is 1. The van der Waals surface area contributed by atoms with Crippen LogP contribution in [-0.4, -0.2) is 93.2 Å². The quantitative estimate of drug-likeness (QED) is 0.166. The number of hydrogen-bond donors (Lipinski definition) is 3. The van der Waals surface area contributed by atoms with E-state index < -0.39 is 52.9 Å². The summed E-state index contributed by atoms with van der Waals surface area (Å²) in [6.07, 6.45) is -1.23. The third-order valence-electron chi connectivity index (χ3n) is 8.88. The molecule has 0 saturated carbocycles. The summed E-state index contributed by atoms with van der Waals surface area (Å²) >= 11 is 0. The molecule has 2 atom stereocenters. The molecule has 17 heteroatoms. The second-order valence-corrected chi connectivity index (χ2v) is 15.0. The summed E-state index contributed by atoms with van der Waals surface area (Å²) in [6, 6.07) is 18.2. The van der Waals surface area contributed by atoms with Crippen molar-refractivity contribution in [2.45, 2.75) is 70.6 Å². The fourth-order valence-corrected chi connectivity index (χ4v) is 6.02. The Kier molecular flexibility index (Phi) is 13.2. The van der Waals surface area contributed by atoms with Crippen LogP contribution in [0.1, 0.15) is 57.4 Å². The highest BCUT2D eigenvalue weighted by molar-refractivity contribution is 5.98. The lowest BCUT2D eigenvalue weighted by Crippen LogP contribution is -2.59. The number of alkyl halides is 3. The Morgan fingerprint density at radius 1 is 0.842 bits per heavy atom. The first-order valence-electron chi connectivity index (χ1n) is 18.3. The maximum atomic E-state index is 14.2. The molecule has 0 aliphatic carbocycles. The van der Waals surface area contributed by atoms with E-state index in [-0.39, 0.29) is 56.9 Å². The van der Waals surface area contributed by atoms with Crippen LogP contribution in [0.3, 0.4) is 0 Å². The van der Waals surface area contributed by atoms with Crippen LogP contribution in [0, 0.1) is 0 Å². The number of carbonyl (C=O) groups is 4. The first-order valence-corrected chi connectivity index (χ1v) is 18.3. The van der Waals surface area contributed by atoms with E-state index in [2.05, 4.69) is 25.9 Å². The van der Waals surface area contributed by atoms with Gasteiger partial charge in [0, 0.05) is 38.6 Å². The zero-order valence-corrected chi connectivity index (χ0v) is 32.4. The predicted octanol–water partition coefficient (Wildman–Crippen LogP) is 5.18. The van der Waals surface area contributed by atoms with Crippen molar-refractivity contribution < 1.29 is 41.8 Å². The zero-order valence-electron chi connectivity index (χ0n) is 32.4. The van der Waals surface area contributed by atoms with E-state index in [9.17, 15) is 32.3 Å². The molecule has 0 radical (unpaired) electrons. The number of benzene rings is 2. The predicted molar refractivity (Wildman–Crippen MR) is 205 cm³/mol. The van der Waals surface area contributed by atoms with E-state index in [0.29, 0.717) is 5.56 Å². The highest BCUT2D eigenvalue weighted by Crippen LogP contribution is 2.35. The molecule has 0 bridgehead atoms. The first kappa shape index (κ1) is 42.2. The van der Waals surface area contributed by atoms with Gasteiger partial charge in [-0.05, 0) is 57.9 Å². The molecule has 1 fully saturated rings. The van der Waals surface area contributed by atoms with Crippen molar-refractivity contribution in [2.24, 2.45) is 0 Å². The number of imidazole rings is 1. The number of halogens is 3. The summed E-state index contributed by atoms with van der Waals surface area (Å²) in [7, 11) is 0. The van der Waals surface area contributed by atoms with Gasteiger partial charge < -0.3 is 39.8 Å². The maximum Gasteiger partial charge on any atom is 0.419 e. The molecule has 3 heterocycles. The van der Waals surface area contributed by atoms with E-state index in [1.54, 1.807) is 56.0 Å². The normalized spacial score (nSPS) is 14.7. The van der Waals surface area contributed by atoms with Crippen LogP contribution >= 0.6 is 0 Å². The Balaban J connectivity index is 1.31. The minimum Gasteiger partial charge on any atom is -0.444 e. The van der Waals surface area contributed by atoms with Crippen molar-refractivity contribution in [1.29, 1.82) is 0 Å². The molecular formula is C40H47F3N8O6. The van der Waals surface area contributed by atoms with E-state index in [0.717, 1.165) is 11.6 Å². The van der Waals surface area contributed by atoms with Gasteiger partial charge in [0.1, 0.15) is 29.0 Å². The highest BCUT2D eigenvalue weighted by Gasteiger charge is 2.38. The fraction of sp³-hybridized carbons (Fsp3) is 0.400. The van der Waals surface area contributed by atoms with E-state index >= 15 is 0 Å². The summed E-state index contributed by atoms with van der Waals surface area (Å²) in [6.45, 7) is 8.43. The Bertz CT molecular complexity index is 2000. The second-order valence-electron chi connectivity index (χ2n) is 15.0. The molecule has 5 rings (SSSR count). The number of piperazine rings is 1. The lowest BCUT2D eigenvalue weighted by molar-refractivity contribution is -0.138. The van der Waals surface area contributed by atoms with Gasteiger partial charge in [-0.2, -0.15) is 13.2 Å². The van der Waals surface area contributed by atoms with Crippen LogP contribution in [0.5, 0.6) is 0 Å². The van der Waals surface area contributed by atoms with Crippen LogP contribution in [0.4, 0.5) is 29.6 Å². The first-order chi connectivity index (χ1) is 26.9. The number of hydrogen-bond acceptors (Lipinski definition) is 9. The summed E-state index contributed by atoms with van der Waals surface area (Å²) in [5, 5.41) is 7.89. The summed E-state index contributed by atoms with van der Waals surface area (Å²) in [5.41, 5.74) is -1.69. The number of ether oxygens (including phenoxy) is 2. The summed E-state index contributed by atoms with van der Waals surface area (Å²) < 4.78 is 53.8. The number of aromatic nitrogens is 3. The van der Waals surface area contributed by atoms with Crippen molar-refractivity contribution in [3.8, 4) is 0 Å². The number of alkyl carbamates (subject to hydrolysis) is 1. The molecule has 3 N–H and O–H groups in total. The van der Waals surface area contributed by atoms with Crippen molar-refractivity contribution in [3.63, 3.8) is 0 Å². The molecule has 2 aromatic carbocycles. The second kappa shape index (κ2) is 17.9. The zero-order chi connectivity index (χ0) is 41.4. The smallest absolute Gasteiger partial charge is 0.419 e. The van der Waals surface area contributed by atoms with Gasteiger partial charge >= 0.3 is 12.3 Å². The van der Waals surface area contributed by atoms with Gasteiger partial charge in [0.2, 0.25) is 11.8 Å². The van der Waals surface area contributed by atoms with Gasteiger partial charge in [0.05, 0.1) is 25.1 Å². The lowest BCUT2D eigenvalue weighted by Gasteiger charge is -2.38. The van der Waals surface area contributed by atoms with Crippen molar-refractivity contribution in [2.75, 3.05) is 43.0 Å². The van der Waals surface area contributed by atoms with E-state index in [1.165, 1.54) is 48.1 Å². The van der Waals surface area contributed by atoms with Crippen LogP contribution in [0.25, 0.3) is 0 Å². The molecule has 1 aliphatic heterocycles. The molecule has 304 valence electrons.